The lowest BCUT2D eigenvalue weighted by Gasteiger charge is -2.51. The molecule has 3 fully saturated rings. The van der Waals surface area contributed by atoms with Gasteiger partial charge in [0.25, 0.3) is 5.91 Å². The first-order valence-electron chi connectivity index (χ1n) is 10.3. The molecule has 3 heterocycles. The number of imide groups is 1. The van der Waals surface area contributed by atoms with Gasteiger partial charge < -0.3 is 15.7 Å². The molecule has 154 valence electrons. The van der Waals surface area contributed by atoms with E-state index in [4.69, 9.17) is 5.73 Å². The highest BCUT2D eigenvalue weighted by Crippen LogP contribution is 2.56. The summed E-state index contributed by atoms with van der Waals surface area (Å²) in [4.78, 5) is 40.5. The average molecular weight is 398 g/mol. The molecule has 0 radical (unpaired) electrons. The predicted octanol–water partition coefficient (Wildman–Crippen LogP) is -0.267. The first kappa shape index (κ1) is 18.7. The molecule has 29 heavy (non-hydrogen) atoms. The van der Waals surface area contributed by atoms with Crippen molar-refractivity contribution in [2.24, 2.45) is 11.1 Å². The molecule has 1 aromatic carbocycles. The minimum Gasteiger partial charge on any atom is -0.387 e. The van der Waals surface area contributed by atoms with E-state index in [9.17, 15) is 19.5 Å². The zero-order valence-electron chi connectivity index (χ0n) is 16.3. The minimum atomic E-state index is -0.720. The molecule has 4 aliphatic rings. The second-order valence-electron chi connectivity index (χ2n) is 9.01. The van der Waals surface area contributed by atoms with Crippen LogP contribution < -0.4 is 11.1 Å². The molecule has 5 rings (SSSR count). The number of nitrogens with one attached hydrogen (secondary N) is 1. The molecule has 1 atom stereocenters. The molecule has 0 aromatic heterocycles. The number of nitrogens with zero attached hydrogens (tertiary/aromatic N) is 2. The van der Waals surface area contributed by atoms with Crippen molar-refractivity contribution in [1.82, 2.24) is 15.1 Å². The van der Waals surface area contributed by atoms with Gasteiger partial charge in [-0.25, -0.2) is 0 Å². The van der Waals surface area contributed by atoms with Crippen LogP contribution in [0.15, 0.2) is 18.2 Å². The van der Waals surface area contributed by atoms with Crippen molar-refractivity contribution in [1.29, 1.82) is 0 Å². The number of aliphatic hydroxyl groups is 1. The van der Waals surface area contributed by atoms with Gasteiger partial charge in [-0.2, -0.15) is 0 Å². The summed E-state index contributed by atoms with van der Waals surface area (Å²) in [7, 11) is 0. The third-order valence-electron chi connectivity index (χ3n) is 7.23. The number of nitrogens with two attached hydrogens (primary N) is 1. The molecule has 1 unspecified atom stereocenters. The highest BCUT2D eigenvalue weighted by Gasteiger charge is 2.62. The molecule has 8 heteroatoms. The summed E-state index contributed by atoms with van der Waals surface area (Å²) in [6.07, 6.45) is 2.57. The fourth-order valence-corrected chi connectivity index (χ4v) is 5.21. The van der Waals surface area contributed by atoms with E-state index in [1.165, 1.54) is 0 Å². The highest BCUT2D eigenvalue weighted by molar-refractivity contribution is 6.06. The van der Waals surface area contributed by atoms with Crippen LogP contribution in [0.5, 0.6) is 0 Å². The minimum absolute atomic E-state index is 0.124. The number of amides is 3. The smallest absolute Gasteiger partial charge is 0.255 e. The van der Waals surface area contributed by atoms with E-state index in [0.717, 1.165) is 24.0 Å². The zero-order valence-corrected chi connectivity index (χ0v) is 16.3. The van der Waals surface area contributed by atoms with Crippen LogP contribution in [0.4, 0.5) is 0 Å². The van der Waals surface area contributed by atoms with Crippen LogP contribution >= 0.6 is 0 Å². The molecule has 1 aromatic rings. The van der Waals surface area contributed by atoms with Crippen molar-refractivity contribution in [3.63, 3.8) is 0 Å². The number of carbonyl (C=O) groups excluding carboxylic acids is 3. The van der Waals surface area contributed by atoms with E-state index in [1.54, 1.807) is 4.90 Å². The summed E-state index contributed by atoms with van der Waals surface area (Å²) in [5, 5.41) is 13.2. The molecule has 3 amide bonds. The Hall–Kier alpha value is -2.29. The monoisotopic (exact) mass is 398 g/mol. The van der Waals surface area contributed by atoms with E-state index in [2.05, 4.69) is 10.2 Å². The predicted molar refractivity (Wildman–Crippen MR) is 103 cm³/mol. The van der Waals surface area contributed by atoms with Crippen LogP contribution in [-0.2, 0) is 22.7 Å². The van der Waals surface area contributed by atoms with Gasteiger partial charge in [0.05, 0.1) is 5.60 Å². The lowest BCUT2D eigenvalue weighted by Crippen LogP contribution is -2.67. The number of hydrogen-bond acceptors (Lipinski definition) is 6. The zero-order chi connectivity index (χ0) is 20.4. The quantitative estimate of drug-likeness (QED) is 0.588. The van der Waals surface area contributed by atoms with Crippen LogP contribution in [-0.4, -0.2) is 63.9 Å². The van der Waals surface area contributed by atoms with Crippen molar-refractivity contribution in [2.75, 3.05) is 19.6 Å². The Bertz CT molecular complexity index is 904. The van der Waals surface area contributed by atoms with E-state index in [1.807, 2.05) is 18.2 Å². The van der Waals surface area contributed by atoms with Crippen LogP contribution in [0.25, 0.3) is 0 Å². The van der Waals surface area contributed by atoms with Gasteiger partial charge in [0.2, 0.25) is 11.8 Å². The van der Waals surface area contributed by atoms with Crippen molar-refractivity contribution in [3.8, 4) is 0 Å². The molecule has 1 aliphatic carbocycles. The fraction of sp³-hybridized carbons (Fsp3) is 0.571. The number of β-amino-alcohol motifs (C(OH)–C–C–N with tert-alkyl or cyclic N) is 1. The summed E-state index contributed by atoms with van der Waals surface area (Å²) < 4.78 is 0. The second kappa shape index (κ2) is 6.35. The number of benzene rings is 1. The average Bonchev–Trinajstić information content (AvgIpc) is 3.40. The number of carbonyl (C=O) groups is 3. The number of hydrogen-bond donors (Lipinski definition) is 3. The van der Waals surface area contributed by atoms with Gasteiger partial charge in [-0.1, -0.05) is 18.2 Å². The summed E-state index contributed by atoms with van der Waals surface area (Å²) in [5.41, 5.74) is 7.52. The van der Waals surface area contributed by atoms with Gasteiger partial charge in [0.15, 0.2) is 0 Å². The van der Waals surface area contributed by atoms with Gasteiger partial charge in [-0.05, 0) is 30.4 Å². The molecule has 0 bridgehead atoms. The number of fused-ring (bicyclic) bond motifs is 1. The summed E-state index contributed by atoms with van der Waals surface area (Å²) in [6, 6.07) is 5.19. The standard InChI is InChI=1S/C21H26N4O4/c22-10-20(6-7-20)21(29)11-24(12-21)8-13-2-1-3-14-9-25(19(28)17(13)14)15-4-5-16(26)23-18(15)27/h1-3,15,29H,4-12,22H2,(H,23,26,27). The molecule has 4 N–H and O–H groups in total. The van der Waals surface area contributed by atoms with Gasteiger partial charge >= 0.3 is 0 Å². The Morgan fingerprint density at radius 2 is 1.97 bits per heavy atom. The molecule has 2 saturated heterocycles. The summed E-state index contributed by atoms with van der Waals surface area (Å²) in [5.74, 6) is -0.831. The lowest BCUT2D eigenvalue weighted by molar-refractivity contribution is -0.147. The normalized spacial score (nSPS) is 27.4. The SMILES string of the molecule is NCC1(C2(O)CN(Cc3cccc4c3C(=O)N(C3CCC(=O)NC3=O)C4)C2)CC1. The van der Waals surface area contributed by atoms with Gasteiger partial charge in [-0.15, -0.1) is 0 Å². The van der Waals surface area contributed by atoms with E-state index < -0.39 is 17.6 Å². The van der Waals surface area contributed by atoms with Crippen molar-refractivity contribution in [3.05, 3.63) is 34.9 Å². The van der Waals surface area contributed by atoms with Gasteiger partial charge in [-0.3, -0.25) is 24.6 Å². The number of piperidine rings is 1. The molecular formula is C21H26N4O4. The van der Waals surface area contributed by atoms with Crippen molar-refractivity contribution < 1.29 is 19.5 Å². The van der Waals surface area contributed by atoms with Crippen LogP contribution in [0, 0.1) is 5.41 Å². The van der Waals surface area contributed by atoms with Crippen LogP contribution in [0.1, 0.15) is 47.2 Å². The Balaban J connectivity index is 1.31. The summed E-state index contributed by atoms with van der Waals surface area (Å²) >= 11 is 0. The van der Waals surface area contributed by atoms with Crippen molar-refractivity contribution >= 4 is 17.7 Å². The van der Waals surface area contributed by atoms with E-state index in [-0.39, 0.29) is 23.7 Å². The van der Waals surface area contributed by atoms with Gasteiger partial charge in [0.1, 0.15) is 6.04 Å². The van der Waals surface area contributed by atoms with Gasteiger partial charge in [0, 0.05) is 50.1 Å². The van der Waals surface area contributed by atoms with E-state index in [0.29, 0.717) is 44.7 Å². The summed E-state index contributed by atoms with van der Waals surface area (Å²) in [6.45, 7) is 2.62. The number of rotatable bonds is 5. The molecule has 3 aliphatic heterocycles. The maximum Gasteiger partial charge on any atom is 0.255 e. The maximum absolute atomic E-state index is 13.2. The Morgan fingerprint density at radius 3 is 2.62 bits per heavy atom. The Kier molecular flexibility index (Phi) is 4.10. The van der Waals surface area contributed by atoms with Crippen LogP contribution in [0.2, 0.25) is 0 Å². The first-order valence-corrected chi connectivity index (χ1v) is 10.3. The molecule has 1 saturated carbocycles. The van der Waals surface area contributed by atoms with E-state index >= 15 is 0 Å². The topological polar surface area (TPSA) is 116 Å². The number of likely N-dealkylation sites (tertiary alicyclic amines) is 1. The lowest BCUT2D eigenvalue weighted by atomic mass is 9.77. The Morgan fingerprint density at radius 1 is 1.21 bits per heavy atom. The maximum atomic E-state index is 13.2. The molecular weight excluding hydrogens is 372 g/mol. The second-order valence-corrected chi connectivity index (χ2v) is 9.01. The Labute approximate surface area is 169 Å². The third-order valence-corrected chi connectivity index (χ3v) is 7.23. The fourth-order valence-electron chi connectivity index (χ4n) is 5.21. The first-order chi connectivity index (χ1) is 13.9. The molecule has 8 nitrogen and oxygen atoms in total. The largest absolute Gasteiger partial charge is 0.387 e. The van der Waals surface area contributed by atoms with Crippen molar-refractivity contribution in [2.45, 2.75) is 50.4 Å². The molecule has 0 spiro atoms. The third kappa shape index (κ3) is 2.81. The van der Waals surface area contributed by atoms with Crippen LogP contribution in [0.3, 0.4) is 0 Å². The highest BCUT2D eigenvalue weighted by atomic mass is 16.3.